The van der Waals surface area contributed by atoms with Gasteiger partial charge >= 0.3 is 5.97 Å². The van der Waals surface area contributed by atoms with Gasteiger partial charge in [0.05, 0.1) is 0 Å². The quantitative estimate of drug-likeness (QED) is 0.815. The van der Waals surface area contributed by atoms with Crippen molar-refractivity contribution in [2.75, 3.05) is 6.26 Å². The molecule has 0 spiro atoms. The zero-order chi connectivity index (χ0) is 10.9. The third-order valence-corrected chi connectivity index (χ3v) is 2.33. The van der Waals surface area contributed by atoms with Gasteiger partial charge < -0.3 is 5.11 Å². The van der Waals surface area contributed by atoms with Crippen molar-refractivity contribution in [3.8, 4) is 0 Å². The molecule has 6 nitrogen and oxygen atoms in total. The predicted molar refractivity (Wildman–Crippen MR) is 49.0 cm³/mol. The van der Waals surface area contributed by atoms with Crippen LogP contribution < -0.4 is 0 Å². The Morgan fingerprint density at radius 1 is 1.71 bits per heavy atom. The molecule has 0 aromatic carbocycles. The molecule has 1 N–H and O–H groups in total. The Morgan fingerprint density at radius 2 is 2.29 bits per heavy atom. The van der Waals surface area contributed by atoms with E-state index in [4.69, 9.17) is 16.7 Å². The molecule has 0 amide bonds. The second kappa shape index (κ2) is 3.58. The Balaban J connectivity index is 3.04. The maximum Gasteiger partial charge on any atom is 0.340 e. The number of halogens is 1. The summed E-state index contributed by atoms with van der Waals surface area (Å²) in [4.78, 5) is 10.5. The first-order valence-electron chi connectivity index (χ1n) is 3.43. The molecule has 0 bridgehead atoms. The van der Waals surface area contributed by atoms with Crippen LogP contribution in [0, 0.1) is 0 Å². The minimum Gasteiger partial charge on any atom is -0.478 e. The van der Waals surface area contributed by atoms with Crippen LogP contribution in [0.4, 0.5) is 0 Å². The van der Waals surface area contributed by atoms with Crippen molar-refractivity contribution in [1.29, 1.82) is 0 Å². The Morgan fingerprint density at radius 3 is 2.64 bits per heavy atom. The number of sulfone groups is 1. The first kappa shape index (κ1) is 11.0. The van der Waals surface area contributed by atoms with E-state index < -0.39 is 15.8 Å². The van der Waals surface area contributed by atoms with E-state index in [1.54, 1.807) is 0 Å². The molecule has 0 radical (unpaired) electrons. The molecular formula is C6H7ClN2O4S. The fourth-order valence-corrected chi connectivity index (χ4v) is 1.69. The molecule has 0 atom stereocenters. The van der Waals surface area contributed by atoms with Crippen LogP contribution >= 0.6 is 11.6 Å². The highest BCUT2D eigenvalue weighted by atomic mass is 35.5. The molecule has 1 rings (SSSR count). The number of aromatic nitrogens is 2. The van der Waals surface area contributed by atoms with E-state index in [0.29, 0.717) is 0 Å². The number of carboxylic acids is 1. The third-order valence-electron chi connectivity index (χ3n) is 1.31. The van der Waals surface area contributed by atoms with Crippen molar-refractivity contribution in [2.24, 2.45) is 0 Å². The van der Waals surface area contributed by atoms with Crippen LogP contribution in [-0.2, 0) is 15.7 Å². The molecule has 0 saturated heterocycles. The summed E-state index contributed by atoms with van der Waals surface area (Å²) < 4.78 is 22.7. The molecule has 0 aliphatic rings. The summed E-state index contributed by atoms with van der Waals surface area (Å²) in [6.07, 6.45) is 2.09. The van der Waals surface area contributed by atoms with Gasteiger partial charge in [0.1, 0.15) is 11.4 Å². The van der Waals surface area contributed by atoms with E-state index in [-0.39, 0.29) is 16.6 Å². The molecule has 1 aromatic heterocycles. The van der Waals surface area contributed by atoms with E-state index in [2.05, 4.69) is 5.10 Å². The highest BCUT2D eigenvalue weighted by molar-refractivity contribution is 7.89. The Labute approximate surface area is 85.0 Å². The molecule has 0 saturated carbocycles. The molecule has 14 heavy (non-hydrogen) atoms. The molecule has 0 fully saturated rings. The van der Waals surface area contributed by atoms with Gasteiger partial charge in [-0.05, 0) is 0 Å². The summed E-state index contributed by atoms with van der Waals surface area (Å²) in [5.41, 5.74) is -0.213. The topological polar surface area (TPSA) is 89.3 Å². The van der Waals surface area contributed by atoms with Crippen LogP contribution in [0.15, 0.2) is 6.20 Å². The van der Waals surface area contributed by atoms with E-state index in [1.165, 1.54) is 0 Å². The zero-order valence-electron chi connectivity index (χ0n) is 7.14. The smallest absolute Gasteiger partial charge is 0.340 e. The maximum atomic E-state index is 10.8. The fourth-order valence-electron chi connectivity index (χ4n) is 0.848. The largest absolute Gasteiger partial charge is 0.478 e. The van der Waals surface area contributed by atoms with Gasteiger partial charge in [-0.3, -0.25) is 4.68 Å². The Bertz CT molecular complexity index is 464. The summed E-state index contributed by atoms with van der Waals surface area (Å²) in [6, 6.07) is 0. The standard InChI is InChI=1S/C6H7ClN2O4S/c1-14(12,13)3-9-2-4(6(10)11)5(7)8-9/h2H,3H2,1H3,(H,10,11). The first-order valence-corrected chi connectivity index (χ1v) is 5.87. The summed E-state index contributed by atoms with van der Waals surface area (Å²) in [5, 5.41) is 11.9. The zero-order valence-corrected chi connectivity index (χ0v) is 8.71. The van der Waals surface area contributed by atoms with Gasteiger partial charge in [0.15, 0.2) is 15.0 Å². The third kappa shape index (κ3) is 2.71. The first-order chi connectivity index (χ1) is 6.29. The fraction of sp³-hybridized carbons (Fsp3) is 0.333. The van der Waals surface area contributed by atoms with Crippen molar-refractivity contribution >= 4 is 27.4 Å². The molecular weight excluding hydrogens is 232 g/mol. The van der Waals surface area contributed by atoms with Gasteiger partial charge in [0.2, 0.25) is 0 Å². The number of aromatic carboxylic acids is 1. The van der Waals surface area contributed by atoms with E-state index in [1.807, 2.05) is 0 Å². The Kier molecular flexibility index (Phi) is 2.81. The number of nitrogens with zero attached hydrogens (tertiary/aromatic N) is 2. The van der Waals surface area contributed by atoms with E-state index in [9.17, 15) is 13.2 Å². The minimum atomic E-state index is -3.26. The highest BCUT2D eigenvalue weighted by Gasteiger charge is 2.15. The average molecular weight is 239 g/mol. The SMILES string of the molecule is CS(=O)(=O)Cn1cc(C(=O)O)c(Cl)n1. The Hall–Kier alpha value is -1.08. The molecule has 0 aliphatic heterocycles. The van der Waals surface area contributed by atoms with Crippen molar-refractivity contribution < 1.29 is 18.3 Å². The van der Waals surface area contributed by atoms with E-state index >= 15 is 0 Å². The number of carbonyl (C=O) groups is 1. The van der Waals surface area contributed by atoms with Crippen molar-refractivity contribution in [3.05, 3.63) is 16.9 Å². The van der Waals surface area contributed by atoms with Gasteiger partial charge in [0, 0.05) is 12.5 Å². The lowest BCUT2D eigenvalue weighted by Gasteiger charge is -1.96. The normalized spacial score (nSPS) is 11.6. The molecule has 8 heteroatoms. The molecule has 1 heterocycles. The highest BCUT2D eigenvalue weighted by Crippen LogP contribution is 2.13. The summed E-state index contributed by atoms with van der Waals surface area (Å²) in [5.74, 6) is -1.63. The molecule has 0 aliphatic carbocycles. The lowest BCUT2D eigenvalue weighted by Crippen LogP contribution is -2.09. The molecule has 1 aromatic rings. The lowest BCUT2D eigenvalue weighted by molar-refractivity contribution is 0.0697. The second-order valence-electron chi connectivity index (χ2n) is 2.73. The van der Waals surface area contributed by atoms with Crippen LogP contribution in [-0.4, -0.2) is 35.5 Å². The maximum absolute atomic E-state index is 10.8. The van der Waals surface area contributed by atoms with Crippen LogP contribution in [0.25, 0.3) is 0 Å². The number of hydrogen-bond acceptors (Lipinski definition) is 4. The average Bonchev–Trinajstić information content (AvgIpc) is 2.26. The van der Waals surface area contributed by atoms with Gasteiger partial charge in [0.25, 0.3) is 0 Å². The van der Waals surface area contributed by atoms with Gasteiger partial charge in [-0.15, -0.1) is 0 Å². The van der Waals surface area contributed by atoms with Crippen molar-refractivity contribution in [3.63, 3.8) is 0 Å². The monoisotopic (exact) mass is 238 g/mol. The van der Waals surface area contributed by atoms with Crippen LogP contribution in [0.1, 0.15) is 10.4 Å². The van der Waals surface area contributed by atoms with Gasteiger partial charge in [-0.1, -0.05) is 11.6 Å². The number of rotatable bonds is 3. The van der Waals surface area contributed by atoms with Crippen LogP contribution in [0.2, 0.25) is 5.15 Å². The van der Waals surface area contributed by atoms with E-state index in [0.717, 1.165) is 17.1 Å². The van der Waals surface area contributed by atoms with Crippen molar-refractivity contribution in [1.82, 2.24) is 9.78 Å². The van der Waals surface area contributed by atoms with Crippen LogP contribution in [0.3, 0.4) is 0 Å². The van der Waals surface area contributed by atoms with Gasteiger partial charge in [-0.2, -0.15) is 5.10 Å². The summed E-state index contributed by atoms with van der Waals surface area (Å²) in [7, 11) is -3.26. The summed E-state index contributed by atoms with van der Waals surface area (Å²) in [6.45, 7) is 0. The predicted octanol–water partition coefficient (Wildman–Crippen LogP) is 0.237. The molecule has 0 unspecified atom stereocenters. The van der Waals surface area contributed by atoms with Crippen LogP contribution in [0.5, 0.6) is 0 Å². The lowest BCUT2D eigenvalue weighted by atomic mass is 10.4. The van der Waals surface area contributed by atoms with Gasteiger partial charge in [-0.25, -0.2) is 13.2 Å². The van der Waals surface area contributed by atoms with Crippen molar-refractivity contribution in [2.45, 2.75) is 5.88 Å². The molecule has 78 valence electrons. The summed E-state index contributed by atoms with van der Waals surface area (Å²) >= 11 is 5.46. The second-order valence-corrected chi connectivity index (χ2v) is 5.20. The number of carboxylic acid groups (broad SMARTS) is 1. The minimum absolute atomic E-state index is 0.213. The number of hydrogen-bond donors (Lipinski definition) is 1.